The van der Waals surface area contributed by atoms with Crippen LogP contribution >= 0.6 is 0 Å². The molecule has 102 valence electrons. The number of phenols is 2. The van der Waals surface area contributed by atoms with E-state index in [1.165, 1.54) is 13.0 Å². The van der Waals surface area contributed by atoms with Crippen molar-refractivity contribution in [2.24, 2.45) is 0 Å². The molecule has 0 radical (unpaired) electrons. The van der Waals surface area contributed by atoms with Gasteiger partial charge in [0.15, 0.2) is 11.5 Å². The Balaban J connectivity index is 2.20. The molecule has 2 aromatic rings. The minimum Gasteiger partial charge on any atom is -0.508 e. The van der Waals surface area contributed by atoms with E-state index in [0.717, 1.165) is 11.1 Å². The van der Waals surface area contributed by atoms with Crippen molar-refractivity contribution in [1.82, 2.24) is 0 Å². The fraction of sp³-hybridized carbons (Fsp3) is 0.0625. The Kier molecular flexibility index (Phi) is 4.05. The molecule has 0 aliphatic heterocycles. The summed E-state index contributed by atoms with van der Waals surface area (Å²) in [7, 11) is 0. The normalized spacial score (nSPS) is 10.7. The first-order valence-electron chi connectivity index (χ1n) is 6.03. The second kappa shape index (κ2) is 5.93. The van der Waals surface area contributed by atoms with Gasteiger partial charge in [-0.2, -0.15) is 0 Å². The van der Waals surface area contributed by atoms with Gasteiger partial charge < -0.3 is 14.9 Å². The van der Waals surface area contributed by atoms with Gasteiger partial charge in [0, 0.05) is 6.92 Å². The summed E-state index contributed by atoms with van der Waals surface area (Å²) in [6.07, 6.45) is 3.67. The SMILES string of the molecule is CC(=O)Oc1cc(/C=C/c2ccc(O)cc2)ccc1O. The lowest BCUT2D eigenvalue weighted by Gasteiger charge is -2.04. The van der Waals surface area contributed by atoms with Crippen LogP contribution in [0.5, 0.6) is 17.2 Å². The number of carbonyl (C=O) groups is 1. The molecule has 0 spiro atoms. The maximum absolute atomic E-state index is 10.9. The average Bonchev–Trinajstić information content (AvgIpc) is 2.41. The Morgan fingerprint density at radius 2 is 1.60 bits per heavy atom. The van der Waals surface area contributed by atoms with Crippen LogP contribution in [0.2, 0.25) is 0 Å². The third-order valence-corrected chi connectivity index (χ3v) is 2.60. The Morgan fingerprint density at radius 1 is 1.00 bits per heavy atom. The number of benzene rings is 2. The summed E-state index contributed by atoms with van der Waals surface area (Å²) in [5.74, 6) is -0.226. The van der Waals surface area contributed by atoms with Gasteiger partial charge in [-0.15, -0.1) is 0 Å². The monoisotopic (exact) mass is 270 g/mol. The predicted octanol–water partition coefficient (Wildman–Crippen LogP) is 3.19. The molecule has 0 aliphatic rings. The van der Waals surface area contributed by atoms with Crippen LogP contribution in [0.3, 0.4) is 0 Å². The average molecular weight is 270 g/mol. The lowest BCUT2D eigenvalue weighted by atomic mass is 10.1. The number of carbonyl (C=O) groups excluding carboxylic acids is 1. The van der Waals surface area contributed by atoms with Crippen LogP contribution in [0.4, 0.5) is 0 Å². The molecule has 20 heavy (non-hydrogen) atoms. The zero-order chi connectivity index (χ0) is 14.5. The van der Waals surface area contributed by atoms with E-state index < -0.39 is 5.97 Å². The summed E-state index contributed by atoms with van der Waals surface area (Å²) in [4.78, 5) is 10.9. The number of phenolic OH excluding ortho intramolecular Hbond substituents is 2. The molecule has 0 saturated carbocycles. The van der Waals surface area contributed by atoms with Gasteiger partial charge in [0.25, 0.3) is 0 Å². The molecule has 0 unspecified atom stereocenters. The first-order valence-corrected chi connectivity index (χ1v) is 6.03. The molecule has 2 N–H and O–H groups in total. The first kappa shape index (κ1) is 13.7. The summed E-state index contributed by atoms with van der Waals surface area (Å²) in [5.41, 5.74) is 1.71. The molecular weight excluding hydrogens is 256 g/mol. The van der Waals surface area contributed by atoms with Crippen molar-refractivity contribution in [1.29, 1.82) is 0 Å². The zero-order valence-electron chi connectivity index (χ0n) is 10.9. The van der Waals surface area contributed by atoms with Crippen LogP contribution in [0.15, 0.2) is 42.5 Å². The highest BCUT2D eigenvalue weighted by Crippen LogP contribution is 2.27. The van der Waals surface area contributed by atoms with E-state index in [2.05, 4.69) is 0 Å². The van der Waals surface area contributed by atoms with E-state index in [1.54, 1.807) is 36.4 Å². The Bertz CT molecular complexity index is 642. The summed E-state index contributed by atoms with van der Waals surface area (Å²) < 4.78 is 4.90. The standard InChI is InChI=1S/C16H14O4/c1-11(17)20-16-10-13(6-9-15(16)19)3-2-12-4-7-14(18)8-5-12/h2-10,18-19H,1H3/b3-2+. The number of hydrogen-bond donors (Lipinski definition) is 2. The Morgan fingerprint density at radius 3 is 2.25 bits per heavy atom. The second-order valence-corrected chi connectivity index (χ2v) is 4.25. The van der Waals surface area contributed by atoms with E-state index >= 15 is 0 Å². The van der Waals surface area contributed by atoms with Crippen LogP contribution in [-0.4, -0.2) is 16.2 Å². The number of rotatable bonds is 3. The van der Waals surface area contributed by atoms with E-state index in [1.807, 2.05) is 12.2 Å². The largest absolute Gasteiger partial charge is 0.508 e. The minimum atomic E-state index is -0.486. The minimum absolute atomic E-state index is 0.0815. The molecule has 0 fully saturated rings. The maximum atomic E-state index is 10.9. The van der Waals surface area contributed by atoms with Crippen molar-refractivity contribution in [3.63, 3.8) is 0 Å². The van der Waals surface area contributed by atoms with Gasteiger partial charge in [-0.25, -0.2) is 0 Å². The van der Waals surface area contributed by atoms with Crippen molar-refractivity contribution < 1.29 is 19.7 Å². The van der Waals surface area contributed by atoms with Crippen molar-refractivity contribution >= 4 is 18.1 Å². The third-order valence-electron chi connectivity index (χ3n) is 2.60. The molecule has 2 rings (SSSR count). The summed E-state index contributed by atoms with van der Waals surface area (Å²) >= 11 is 0. The molecule has 0 bridgehead atoms. The number of hydrogen-bond acceptors (Lipinski definition) is 4. The lowest BCUT2D eigenvalue weighted by molar-refractivity contribution is -0.132. The topological polar surface area (TPSA) is 66.8 Å². The fourth-order valence-electron chi connectivity index (χ4n) is 1.65. The van der Waals surface area contributed by atoms with E-state index in [9.17, 15) is 15.0 Å². The van der Waals surface area contributed by atoms with Crippen LogP contribution in [-0.2, 0) is 4.79 Å². The quantitative estimate of drug-likeness (QED) is 0.510. The van der Waals surface area contributed by atoms with Crippen LogP contribution in [0, 0.1) is 0 Å². The summed E-state index contributed by atoms with van der Waals surface area (Å²) in [5, 5.41) is 18.8. The second-order valence-electron chi connectivity index (χ2n) is 4.25. The zero-order valence-corrected chi connectivity index (χ0v) is 10.9. The van der Waals surface area contributed by atoms with E-state index in [4.69, 9.17) is 4.74 Å². The molecule has 2 aromatic carbocycles. The highest BCUT2D eigenvalue weighted by molar-refractivity contribution is 5.73. The number of aromatic hydroxyl groups is 2. The van der Waals surface area contributed by atoms with Gasteiger partial charge in [0.1, 0.15) is 5.75 Å². The highest BCUT2D eigenvalue weighted by Gasteiger charge is 2.05. The third kappa shape index (κ3) is 3.62. The molecule has 0 amide bonds. The molecule has 0 saturated heterocycles. The molecular formula is C16H14O4. The Hall–Kier alpha value is -2.75. The molecule has 4 heteroatoms. The maximum Gasteiger partial charge on any atom is 0.308 e. The van der Waals surface area contributed by atoms with Gasteiger partial charge in [-0.05, 0) is 35.4 Å². The van der Waals surface area contributed by atoms with Gasteiger partial charge in [-0.1, -0.05) is 30.4 Å². The number of esters is 1. The van der Waals surface area contributed by atoms with Crippen molar-refractivity contribution in [3.8, 4) is 17.2 Å². The van der Waals surface area contributed by atoms with Gasteiger partial charge in [-0.3, -0.25) is 4.79 Å². The van der Waals surface area contributed by atoms with Crippen molar-refractivity contribution in [2.45, 2.75) is 6.92 Å². The van der Waals surface area contributed by atoms with Crippen LogP contribution in [0.1, 0.15) is 18.1 Å². The molecule has 0 aliphatic carbocycles. The lowest BCUT2D eigenvalue weighted by Crippen LogP contribution is -2.01. The molecule has 0 aromatic heterocycles. The van der Waals surface area contributed by atoms with Gasteiger partial charge in [0.05, 0.1) is 0 Å². The molecule has 4 nitrogen and oxygen atoms in total. The van der Waals surface area contributed by atoms with Crippen molar-refractivity contribution in [2.75, 3.05) is 0 Å². The van der Waals surface area contributed by atoms with E-state index in [0.29, 0.717) is 0 Å². The van der Waals surface area contributed by atoms with Gasteiger partial charge in [0.2, 0.25) is 0 Å². The summed E-state index contributed by atoms with van der Waals surface area (Å²) in [6.45, 7) is 1.28. The summed E-state index contributed by atoms with van der Waals surface area (Å²) in [6, 6.07) is 11.5. The molecule has 0 heterocycles. The smallest absolute Gasteiger partial charge is 0.308 e. The number of ether oxygens (including phenoxy) is 1. The van der Waals surface area contributed by atoms with E-state index in [-0.39, 0.29) is 17.2 Å². The highest BCUT2D eigenvalue weighted by atomic mass is 16.5. The van der Waals surface area contributed by atoms with Crippen LogP contribution in [0.25, 0.3) is 12.2 Å². The van der Waals surface area contributed by atoms with Crippen molar-refractivity contribution in [3.05, 3.63) is 53.6 Å². The predicted molar refractivity (Wildman–Crippen MR) is 76.5 cm³/mol. The first-order chi connectivity index (χ1) is 9.54. The van der Waals surface area contributed by atoms with Crippen LogP contribution < -0.4 is 4.74 Å². The fourth-order valence-corrected chi connectivity index (χ4v) is 1.65. The molecule has 0 atom stereocenters. The Labute approximate surface area is 116 Å². The van der Waals surface area contributed by atoms with Gasteiger partial charge >= 0.3 is 5.97 Å².